The number of benzene rings is 2. The molecule has 15 heteroatoms. The summed E-state index contributed by atoms with van der Waals surface area (Å²) in [5.41, 5.74) is 2.37. The first-order valence-electron chi connectivity index (χ1n) is 12.4. The van der Waals surface area contributed by atoms with Crippen LogP contribution in [0.25, 0.3) is 0 Å². The predicted molar refractivity (Wildman–Crippen MR) is 155 cm³/mol. The molecular formula is C27H33Cl2MgNO11. The number of nitrogens with two attached hydrogens (primary N) is 1. The third-order valence-corrected chi connectivity index (χ3v) is 7.81. The van der Waals surface area contributed by atoms with Crippen LogP contribution >= 0.6 is 24.8 Å². The number of methoxy groups -OCH3 is 1. The van der Waals surface area contributed by atoms with Crippen molar-refractivity contribution in [1.29, 1.82) is 0 Å². The molecule has 0 amide bonds. The van der Waals surface area contributed by atoms with E-state index in [1.54, 1.807) is 6.92 Å². The first-order chi connectivity index (χ1) is 18.4. The van der Waals surface area contributed by atoms with Gasteiger partial charge >= 0.3 is 23.1 Å². The summed E-state index contributed by atoms with van der Waals surface area (Å²) < 4.78 is 17.0. The van der Waals surface area contributed by atoms with E-state index in [4.69, 9.17) is 19.9 Å². The van der Waals surface area contributed by atoms with Gasteiger partial charge in [0, 0.05) is 42.0 Å². The molecule has 5 rings (SSSR count). The van der Waals surface area contributed by atoms with Crippen molar-refractivity contribution in [3.05, 3.63) is 51.6 Å². The Bertz CT molecular complexity index is 1390. The molecule has 1 fully saturated rings. The molecule has 0 radical (unpaired) electrons. The number of ketones is 3. The molecule has 1 heterocycles. The molecule has 6 atom stereocenters. The van der Waals surface area contributed by atoms with E-state index >= 15 is 0 Å². The van der Waals surface area contributed by atoms with Gasteiger partial charge in [0.1, 0.15) is 29.5 Å². The molecule has 1 saturated heterocycles. The van der Waals surface area contributed by atoms with Crippen molar-refractivity contribution in [3.63, 3.8) is 0 Å². The molecule has 0 spiro atoms. The maximum absolute atomic E-state index is 13.6. The van der Waals surface area contributed by atoms with Crippen molar-refractivity contribution < 1.29 is 54.1 Å². The van der Waals surface area contributed by atoms with Crippen LogP contribution in [-0.4, -0.2) is 110 Å². The molecule has 42 heavy (non-hydrogen) atoms. The van der Waals surface area contributed by atoms with Gasteiger partial charge in [-0.15, -0.1) is 24.8 Å². The quantitative estimate of drug-likeness (QED) is 0.160. The SMILES string of the molecule is COc1cccc2c1C(=O)c1c(O)c3c(c(O)c1C2=O)C[C@@](O)(C(=O)CO)C[C@@H]3O[C@H]1C[C@H](N)[C@H](O)[C@H](C)O1.Cl.Cl.[MgH2]. The lowest BCUT2D eigenvalue weighted by Gasteiger charge is -2.42. The number of hydrogen-bond acceptors (Lipinski definition) is 12. The number of aliphatic hydroxyl groups excluding tert-OH is 2. The molecule has 12 nitrogen and oxygen atoms in total. The molecular weight excluding hydrogens is 610 g/mol. The van der Waals surface area contributed by atoms with Crippen molar-refractivity contribution in [2.45, 2.75) is 62.4 Å². The smallest absolute Gasteiger partial charge is 0.316 e. The zero-order chi connectivity index (χ0) is 28.4. The second kappa shape index (κ2) is 13.3. The summed E-state index contributed by atoms with van der Waals surface area (Å²) in [5, 5.41) is 53.7. The van der Waals surface area contributed by atoms with Crippen molar-refractivity contribution in [2.75, 3.05) is 13.7 Å². The molecule has 0 unspecified atom stereocenters. The van der Waals surface area contributed by atoms with Crippen LogP contribution in [0.15, 0.2) is 18.2 Å². The number of hydrogen-bond donors (Lipinski definition) is 6. The minimum Gasteiger partial charge on any atom is -0.507 e. The highest BCUT2D eigenvalue weighted by molar-refractivity contribution is 6.31. The lowest BCUT2D eigenvalue weighted by Crippen LogP contribution is -2.53. The maximum Gasteiger partial charge on any atom is 0.316 e. The van der Waals surface area contributed by atoms with E-state index in [1.807, 2.05) is 0 Å². The number of aliphatic hydroxyl groups is 3. The first kappa shape index (κ1) is 36.1. The molecule has 1 aliphatic heterocycles. The molecule has 2 aromatic rings. The Morgan fingerprint density at radius 1 is 1.12 bits per heavy atom. The van der Waals surface area contributed by atoms with Crippen molar-refractivity contribution >= 4 is 65.2 Å². The van der Waals surface area contributed by atoms with Gasteiger partial charge in [0.2, 0.25) is 5.78 Å². The molecule has 3 aliphatic rings. The number of carbonyl (C=O) groups excluding carboxylic acids is 3. The number of carbonyl (C=O) groups is 3. The summed E-state index contributed by atoms with van der Waals surface area (Å²) in [5.74, 6) is -3.77. The van der Waals surface area contributed by atoms with E-state index in [0.717, 1.165) is 0 Å². The molecule has 7 N–H and O–H groups in total. The van der Waals surface area contributed by atoms with Crippen LogP contribution in [0.5, 0.6) is 17.2 Å². The van der Waals surface area contributed by atoms with E-state index in [9.17, 15) is 39.9 Å². The third-order valence-electron chi connectivity index (χ3n) is 7.81. The van der Waals surface area contributed by atoms with Crippen molar-refractivity contribution in [3.8, 4) is 17.2 Å². The van der Waals surface area contributed by atoms with Gasteiger partial charge in [0.15, 0.2) is 17.9 Å². The fraction of sp³-hybridized carbons (Fsp3) is 0.444. The monoisotopic (exact) mass is 641 g/mol. The molecule has 2 aromatic carbocycles. The standard InChI is InChI=1S/C27H29NO11.2ClH.Mg.2H/c1-10-22(31)13(28)6-17(38-10)39-15-8-27(36,16(30)9-29)7-12-19(15)26(35)21-20(24(12)33)23(32)11-4-3-5-14(37-2)18(11)25(21)34;;;;;/h3-5,10,13,15,17,22,29,31,33,35-36H,6-9,28H2,1-2H3;2*1H;;;/t10-,13-,15-,17-,22+,27-;;;;;/m0...../s1. The number of ether oxygens (including phenoxy) is 3. The average Bonchev–Trinajstić information content (AvgIpc) is 2.90. The second-order valence-corrected chi connectivity index (χ2v) is 10.2. The van der Waals surface area contributed by atoms with Gasteiger partial charge in [-0.2, -0.15) is 0 Å². The lowest BCUT2D eigenvalue weighted by atomic mass is 9.72. The van der Waals surface area contributed by atoms with E-state index in [-0.39, 0.29) is 82.3 Å². The van der Waals surface area contributed by atoms with Gasteiger partial charge in [-0.25, -0.2) is 0 Å². The van der Waals surface area contributed by atoms with E-state index in [0.29, 0.717) is 0 Å². The highest BCUT2D eigenvalue weighted by Gasteiger charge is 2.50. The van der Waals surface area contributed by atoms with Crippen LogP contribution < -0.4 is 10.5 Å². The van der Waals surface area contributed by atoms with Crippen LogP contribution in [-0.2, 0) is 20.7 Å². The van der Waals surface area contributed by atoms with Gasteiger partial charge in [-0.1, -0.05) is 12.1 Å². The Balaban J connectivity index is 0.00000205. The number of fused-ring (bicyclic) bond motifs is 3. The summed E-state index contributed by atoms with van der Waals surface area (Å²) in [6, 6.07) is 3.64. The number of rotatable bonds is 5. The van der Waals surface area contributed by atoms with Crippen LogP contribution in [0.4, 0.5) is 0 Å². The van der Waals surface area contributed by atoms with Gasteiger partial charge in [-0.05, 0) is 13.0 Å². The molecule has 0 aromatic heterocycles. The van der Waals surface area contributed by atoms with Gasteiger partial charge in [-0.3, -0.25) is 14.4 Å². The summed E-state index contributed by atoms with van der Waals surface area (Å²) in [6.07, 6.45) is -5.12. The van der Waals surface area contributed by atoms with E-state index in [1.165, 1.54) is 25.3 Å². The highest BCUT2D eigenvalue weighted by Crippen LogP contribution is 2.52. The summed E-state index contributed by atoms with van der Waals surface area (Å²) in [4.78, 5) is 39.7. The van der Waals surface area contributed by atoms with Gasteiger partial charge < -0.3 is 45.5 Å². The van der Waals surface area contributed by atoms with E-state index in [2.05, 4.69) is 0 Å². The topological polar surface area (TPSA) is 206 Å². The number of aromatic hydroxyl groups is 2. The largest absolute Gasteiger partial charge is 0.507 e. The fourth-order valence-corrected chi connectivity index (χ4v) is 5.75. The predicted octanol–water partition coefficient (Wildman–Crippen LogP) is -0.0713. The first-order valence-corrected chi connectivity index (χ1v) is 12.4. The molecule has 0 bridgehead atoms. The van der Waals surface area contributed by atoms with E-state index < -0.39 is 95.7 Å². The Hall–Kier alpha value is -2.04. The van der Waals surface area contributed by atoms with Crippen LogP contribution in [0.3, 0.4) is 0 Å². The number of phenols is 2. The summed E-state index contributed by atoms with van der Waals surface area (Å²) in [7, 11) is 1.32. The third kappa shape index (κ3) is 5.63. The average molecular weight is 643 g/mol. The summed E-state index contributed by atoms with van der Waals surface area (Å²) >= 11 is 0. The van der Waals surface area contributed by atoms with Gasteiger partial charge in [0.25, 0.3) is 0 Å². The Kier molecular flexibility index (Phi) is 11.4. The number of phenolic OH excluding ortho intramolecular Hbond substituents is 2. The van der Waals surface area contributed by atoms with Crippen LogP contribution in [0.1, 0.15) is 68.8 Å². The number of Topliss-reactive ketones (excluding diaryl/α,β-unsaturated/α-hetero) is 1. The lowest BCUT2D eigenvalue weighted by molar-refractivity contribution is -0.247. The zero-order valence-electron chi connectivity index (χ0n) is 22.0. The normalized spacial score (nSPS) is 27.7. The number of halogens is 2. The van der Waals surface area contributed by atoms with Crippen molar-refractivity contribution in [1.82, 2.24) is 0 Å². The van der Waals surface area contributed by atoms with Crippen LogP contribution in [0.2, 0.25) is 0 Å². The van der Waals surface area contributed by atoms with Crippen LogP contribution in [0, 0.1) is 0 Å². The molecule has 2 aliphatic carbocycles. The Morgan fingerprint density at radius 3 is 2.36 bits per heavy atom. The Labute approximate surface area is 269 Å². The maximum atomic E-state index is 13.6. The fourth-order valence-electron chi connectivity index (χ4n) is 5.75. The molecule has 0 saturated carbocycles. The minimum absolute atomic E-state index is 0. The van der Waals surface area contributed by atoms with Crippen molar-refractivity contribution in [2.24, 2.45) is 5.73 Å². The zero-order valence-corrected chi connectivity index (χ0v) is 23.7. The second-order valence-electron chi connectivity index (χ2n) is 10.2. The molecule has 228 valence electrons. The minimum atomic E-state index is -2.24. The van der Waals surface area contributed by atoms with Gasteiger partial charge in [0.05, 0.1) is 42.1 Å². The Morgan fingerprint density at radius 2 is 1.76 bits per heavy atom. The highest BCUT2D eigenvalue weighted by atomic mass is 35.5. The summed E-state index contributed by atoms with van der Waals surface area (Å²) in [6.45, 7) is 0.560.